The molecule has 38 heavy (non-hydrogen) atoms. The van der Waals surface area contributed by atoms with E-state index in [4.69, 9.17) is 5.11 Å². The minimum Gasteiger partial charge on any atom is -0.395 e. The van der Waals surface area contributed by atoms with Gasteiger partial charge < -0.3 is 14.6 Å². The van der Waals surface area contributed by atoms with Gasteiger partial charge >= 0.3 is 6.18 Å². The first kappa shape index (κ1) is 25.2. The maximum Gasteiger partial charge on any atom is 0.416 e. The van der Waals surface area contributed by atoms with E-state index >= 15 is 0 Å². The summed E-state index contributed by atoms with van der Waals surface area (Å²) in [6.07, 6.45) is -1.17. The van der Waals surface area contributed by atoms with Gasteiger partial charge in [0.2, 0.25) is 5.95 Å². The van der Waals surface area contributed by atoms with Crippen LogP contribution in [-0.4, -0.2) is 49.6 Å². The number of hydrogen-bond acceptors (Lipinski definition) is 6. The van der Waals surface area contributed by atoms with E-state index in [0.29, 0.717) is 40.6 Å². The SMILES string of the molecule is CN(CCO)c1nccc(Cn2ccc(-c3nn(-c4ccc(C(F)(F)F)cc4)c4ccccc34)cc2=O)n1. The monoisotopic (exact) mass is 520 g/mol. The van der Waals surface area contributed by atoms with Crippen LogP contribution in [0.5, 0.6) is 0 Å². The lowest BCUT2D eigenvalue weighted by Gasteiger charge is -2.16. The molecule has 0 aliphatic rings. The topological polar surface area (TPSA) is 89.1 Å². The molecule has 0 bridgehead atoms. The molecule has 0 amide bonds. The predicted molar refractivity (Wildman–Crippen MR) is 137 cm³/mol. The normalized spacial score (nSPS) is 11.7. The van der Waals surface area contributed by atoms with E-state index in [0.717, 1.165) is 17.5 Å². The van der Waals surface area contributed by atoms with Crippen LogP contribution >= 0.6 is 0 Å². The summed E-state index contributed by atoms with van der Waals surface area (Å²) >= 11 is 0. The van der Waals surface area contributed by atoms with Gasteiger partial charge in [-0.05, 0) is 42.5 Å². The van der Waals surface area contributed by atoms with E-state index in [1.165, 1.54) is 22.8 Å². The Balaban J connectivity index is 1.48. The molecular formula is C27H23F3N6O2. The largest absolute Gasteiger partial charge is 0.416 e. The van der Waals surface area contributed by atoms with Crippen molar-refractivity contribution in [1.82, 2.24) is 24.3 Å². The highest BCUT2D eigenvalue weighted by Gasteiger charge is 2.30. The average molecular weight is 521 g/mol. The molecule has 0 spiro atoms. The molecule has 3 aromatic heterocycles. The number of aromatic nitrogens is 5. The Hall–Kier alpha value is -4.51. The fourth-order valence-corrected chi connectivity index (χ4v) is 4.13. The number of halogens is 3. The maximum absolute atomic E-state index is 13.0. The number of hydrogen-bond donors (Lipinski definition) is 1. The van der Waals surface area contributed by atoms with E-state index in [1.54, 1.807) is 41.2 Å². The highest BCUT2D eigenvalue weighted by atomic mass is 19.4. The van der Waals surface area contributed by atoms with Gasteiger partial charge in [-0.2, -0.15) is 18.3 Å². The molecular weight excluding hydrogens is 497 g/mol. The van der Waals surface area contributed by atoms with Gasteiger partial charge in [0.25, 0.3) is 5.56 Å². The number of aliphatic hydroxyl groups is 1. The second kappa shape index (κ2) is 10.1. The van der Waals surface area contributed by atoms with Gasteiger partial charge in [-0.1, -0.05) is 18.2 Å². The molecule has 0 aliphatic heterocycles. The molecule has 1 N–H and O–H groups in total. The number of nitrogens with zero attached hydrogens (tertiary/aromatic N) is 6. The number of benzene rings is 2. The number of aliphatic hydroxyl groups excluding tert-OH is 1. The van der Waals surface area contributed by atoms with Crippen LogP contribution in [0.1, 0.15) is 11.3 Å². The molecule has 5 aromatic rings. The fraction of sp³-hybridized carbons (Fsp3) is 0.185. The van der Waals surface area contributed by atoms with Gasteiger partial charge in [0.15, 0.2) is 0 Å². The molecule has 5 rings (SSSR count). The predicted octanol–water partition coefficient (Wildman–Crippen LogP) is 4.14. The lowest BCUT2D eigenvalue weighted by atomic mass is 10.1. The van der Waals surface area contributed by atoms with Crippen molar-refractivity contribution in [1.29, 1.82) is 0 Å². The number of anilines is 1. The summed E-state index contributed by atoms with van der Waals surface area (Å²) in [4.78, 5) is 23.4. The maximum atomic E-state index is 13.0. The Morgan fingerprint density at radius 3 is 2.50 bits per heavy atom. The van der Waals surface area contributed by atoms with Gasteiger partial charge in [0, 0.05) is 43.0 Å². The first-order valence-corrected chi connectivity index (χ1v) is 11.7. The molecule has 0 saturated heterocycles. The molecule has 3 heterocycles. The van der Waals surface area contributed by atoms with E-state index in [2.05, 4.69) is 15.1 Å². The molecule has 0 saturated carbocycles. The van der Waals surface area contributed by atoms with Crippen LogP contribution in [0.3, 0.4) is 0 Å². The minimum atomic E-state index is -4.43. The number of alkyl halides is 3. The van der Waals surface area contributed by atoms with Gasteiger partial charge in [0.1, 0.15) is 5.69 Å². The molecule has 0 radical (unpaired) electrons. The minimum absolute atomic E-state index is 0.0334. The Morgan fingerprint density at radius 2 is 1.79 bits per heavy atom. The van der Waals surface area contributed by atoms with Gasteiger partial charge in [0.05, 0.1) is 35.6 Å². The third kappa shape index (κ3) is 5.00. The van der Waals surface area contributed by atoms with E-state index in [9.17, 15) is 18.0 Å². The lowest BCUT2D eigenvalue weighted by Crippen LogP contribution is -2.24. The number of rotatable bonds is 7. The average Bonchev–Trinajstić information content (AvgIpc) is 3.29. The number of pyridine rings is 1. The smallest absolute Gasteiger partial charge is 0.395 e. The second-order valence-corrected chi connectivity index (χ2v) is 8.70. The zero-order valence-corrected chi connectivity index (χ0v) is 20.3. The highest BCUT2D eigenvalue weighted by molar-refractivity contribution is 5.94. The summed E-state index contributed by atoms with van der Waals surface area (Å²) in [5.74, 6) is 0.446. The Labute approximate surface area is 215 Å². The summed E-state index contributed by atoms with van der Waals surface area (Å²) in [6, 6.07) is 17.1. The van der Waals surface area contributed by atoms with E-state index < -0.39 is 11.7 Å². The van der Waals surface area contributed by atoms with Gasteiger partial charge in [-0.25, -0.2) is 14.6 Å². The Morgan fingerprint density at radius 1 is 1.03 bits per heavy atom. The van der Waals surface area contributed by atoms with Crippen LogP contribution in [0.2, 0.25) is 0 Å². The Bertz CT molecular complexity index is 1640. The zero-order chi connectivity index (χ0) is 26.9. The van der Waals surface area contributed by atoms with Crippen molar-refractivity contribution in [2.24, 2.45) is 0 Å². The number of fused-ring (bicyclic) bond motifs is 1. The third-order valence-electron chi connectivity index (χ3n) is 6.11. The van der Waals surface area contributed by atoms with E-state index in [-0.39, 0.29) is 18.7 Å². The van der Waals surface area contributed by atoms with Crippen LogP contribution in [0, 0.1) is 0 Å². The van der Waals surface area contributed by atoms with Crippen molar-refractivity contribution < 1.29 is 18.3 Å². The second-order valence-electron chi connectivity index (χ2n) is 8.70. The van der Waals surface area contributed by atoms with Crippen LogP contribution in [0.4, 0.5) is 19.1 Å². The summed E-state index contributed by atoms with van der Waals surface area (Å²) in [5, 5.41) is 14.6. The van der Waals surface area contributed by atoms with Gasteiger partial charge in [-0.3, -0.25) is 4.79 Å². The van der Waals surface area contributed by atoms with Crippen LogP contribution in [0.25, 0.3) is 27.8 Å². The summed E-state index contributed by atoms with van der Waals surface area (Å²) in [6.45, 7) is 0.571. The molecule has 0 aliphatic carbocycles. The first-order chi connectivity index (χ1) is 18.2. The fourth-order valence-electron chi connectivity index (χ4n) is 4.13. The number of para-hydroxylation sites is 1. The van der Waals surface area contributed by atoms with Crippen LogP contribution in [-0.2, 0) is 12.7 Å². The zero-order valence-electron chi connectivity index (χ0n) is 20.3. The standard InChI is InChI=1S/C27H23F3N6O2/c1-34(14-15-37)26-31-12-10-20(32-26)17-35-13-11-18(16-24(35)38)25-22-4-2-3-5-23(22)36(33-25)21-8-6-19(7-9-21)27(28,29)30/h2-13,16,37H,14-15,17H2,1H3. The number of likely N-dealkylation sites (N-methyl/N-ethyl adjacent to an activating group) is 1. The molecule has 0 fully saturated rings. The quantitative estimate of drug-likeness (QED) is 0.347. The highest BCUT2D eigenvalue weighted by Crippen LogP contribution is 2.32. The van der Waals surface area contributed by atoms with Crippen LogP contribution < -0.4 is 10.5 Å². The molecule has 8 nitrogen and oxygen atoms in total. The van der Waals surface area contributed by atoms with Crippen molar-refractivity contribution in [3.63, 3.8) is 0 Å². The molecule has 194 valence electrons. The molecule has 0 unspecified atom stereocenters. The Kier molecular flexibility index (Phi) is 6.68. The molecule has 2 aromatic carbocycles. The molecule has 11 heteroatoms. The van der Waals surface area contributed by atoms with Crippen molar-refractivity contribution >= 4 is 16.9 Å². The summed E-state index contributed by atoms with van der Waals surface area (Å²) in [5.41, 5.74) is 1.92. The summed E-state index contributed by atoms with van der Waals surface area (Å²) in [7, 11) is 1.77. The van der Waals surface area contributed by atoms with Crippen molar-refractivity contribution in [3.8, 4) is 16.9 Å². The first-order valence-electron chi connectivity index (χ1n) is 11.7. The summed E-state index contributed by atoms with van der Waals surface area (Å²) < 4.78 is 42.1. The molecule has 0 atom stereocenters. The van der Waals surface area contributed by atoms with Crippen molar-refractivity contribution in [3.05, 3.63) is 101 Å². The van der Waals surface area contributed by atoms with Gasteiger partial charge in [-0.15, -0.1) is 0 Å². The van der Waals surface area contributed by atoms with E-state index in [1.807, 2.05) is 24.3 Å². The van der Waals surface area contributed by atoms with Crippen molar-refractivity contribution in [2.45, 2.75) is 12.7 Å². The van der Waals surface area contributed by atoms with Crippen molar-refractivity contribution in [2.75, 3.05) is 25.1 Å². The third-order valence-corrected chi connectivity index (χ3v) is 6.11. The lowest BCUT2D eigenvalue weighted by molar-refractivity contribution is -0.137. The van der Waals surface area contributed by atoms with Crippen LogP contribution in [0.15, 0.2) is 83.9 Å².